The van der Waals surface area contributed by atoms with E-state index < -0.39 is 29.7 Å². The Labute approximate surface area is 190 Å². The average molecular weight is 442 g/mol. The normalized spacial score (nSPS) is 14.0. The monoisotopic (exact) mass is 441 g/mol. The first-order valence-corrected chi connectivity index (χ1v) is 10.8. The molecule has 0 fully saturated rings. The summed E-state index contributed by atoms with van der Waals surface area (Å²) in [7, 11) is 1.85. The lowest BCUT2D eigenvalue weighted by atomic mass is 9.76. The Morgan fingerprint density at radius 2 is 1.25 bits per heavy atom. The van der Waals surface area contributed by atoms with Gasteiger partial charge >= 0.3 is 11.9 Å². The average Bonchev–Trinajstić information content (AvgIpc) is 2.76. The Balaban J connectivity index is 2.30. The van der Waals surface area contributed by atoms with Crippen molar-refractivity contribution in [1.82, 2.24) is 5.32 Å². The van der Waals surface area contributed by atoms with Gasteiger partial charge in [0.05, 0.1) is 22.6 Å². The highest BCUT2D eigenvalue weighted by molar-refractivity contribution is 5.91. The quantitative estimate of drug-likeness (QED) is 0.442. The fourth-order valence-corrected chi connectivity index (χ4v) is 3.40. The first-order chi connectivity index (χ1) is 15.0. The number of hydrogen-bond donors (Lipinski definition) is 2. The zero-order chi connectivity index (χ0) is 23.9. The van der Waals surface area contributed by atoms with E-state index in [-0.39, 0.29) is 11.5 Å². The molecule has 2 atom stereocenters. The maximum atomic E-state index is 12.8. The summed E-state index contributed by atoms with van der Waals surface area (Å²) in [5.74, 6) is -1.25. The van der Waals surface area contributed by atoms with Crippen LogP contribution in [-0.4, -0.2) is 42.5 Å². The number of aliphatic hydroxyl groups excluding tert-OH is 1. The highest BCUT2D eigenvalue weighted by Crippen LogP contribution is 2.35. The summed E-state index contributed by atoms with van der Waals surface area (Å²) in [6, 6.07) is 17.0. The molecule has 0 saturated heterocycles. The van der Waals surface area contributed by atoms with Crippen LogP contribution in [0, 0.1) is 10.8 Å². The first-order valence-electron chi connectivity index (χ1n) is 10.8. The minimum Gasteiger partial charge on any atom is -0.421 e. The van der Waals surface area contributed by atoms with Crippen molar-refractivity contribution in [3.8, 4) is 0 Å². The number of carbonyl (C=O) groups is 2. The molecule has 2 unspecified atom stereocenters. The fourth-order valence-electron chi connectivity index (χ4n) is 3.40. The van der Waals surface area contributed by atoms with Crippen LogP contribution in [-0.2, 0) is 9.47 Å². The minimum absolute atomic E-state index is 0.00734. The topological polar surface area (TPSA) is 84.9 Å². The maximum absolute atomic E-state index is 12.8. The van der Waals surface area contributed by atoms with Crippen molar-refractivity contribution in [3.05, 3.63) is 71.8 Å². The molecule has 0 amide bonds. The zero-order valence-corrected chi connectivity index (χ0v) is 19.8. The Kier molecular flexibility index (Phi) is 8.58. The van der Waals surface area contributed by atoms with Gasteiger partial charge < -0.3 is 19.9 Å². The Morgan fingerprint density at radius 3 is 1.59 bits per heavy atom. The molecule has 0 aliphatic heterocycles. The van der Waals surface area contributed by atoms with Gasteiger partial charge in [-0.25, -0.2) is 9.59 Å². The van der Waals surface area contributed by atoms with Gasteiger partial charge in [-0.2, -0.15) is 0 Å². The van der Waals surface area contributed by atoms with E-state index in [2.05, 4.69) is 26.1 Å². The second-order valence-electron chi connectivity index (χ2n) is 9.65. The van der Waals surface area contributed by atoms with E-state index in [1.54, 1.807) is 74.5 Å². The molecule has 6 heteroatoms. The number of aliphatic hydroxyl groups is 1. The van der Waals surface area contributed by atoms with Gasteiger partial charge in [0.25, 0.3) is 6.29 Å². The van der Waals surface area contributed by atoms with Crippen LogP contribution in [0.5, 0.6) is 0 Å². The number of hydrogen-bond acceptors (Lipinski definition) is 6. The summed E-state index contributed by atoms with van der Waals surface area (Å²) >= 11 is 0. The Bertz CT molecular complexity index is 821. The predicted molar refractivity (Wildman–Crippen MR) is 124 cm³/mol. The van der Waals surface area contributed by atoms with Crippen LogP contribution in [0.4, 0.5) is 0 Å². The third kappa shape index (κ3) is 6.65. The summed E-state index contributed by atoms with van der Waals surface area (Å²) in [5, 5.41) is 14.4. The van der Waals surface area contributed by atoms with Crippen molar-refractivity contribution in [2.45, 2.75) is 59.5 Å². The van der Waals surface area contributed by atoms with Crippen molar-refractivity contribution in [2.75, 3.05) is 7.05 Å². The third-order valence-electron chi connectivity index (χ3n) is 5.77. The van der Waals surface area contributed by atoms with E-state index in [1.165, 1.54) is 0 Å². The van der Waals surface area contributed by atoms with E-state index in [4.69, 9.17) is 9.47 Å². The summed E-state index contributed by atoms with van der Waals surface area (Å²) in [5.41, 5.74) is -0.513. The smallest absolute Gasteiger partial charge is 0.341 e. The molecule has 0 aromatic heterocycles. The van der Waals surface area contributed by atoms with Gasteiger partial charge in [0.15, 0.2) is 0 Å². The van der Waals surface area contributed by atoms with Crippen molar-refractivity contribution >= 4 is 11.9 Å². The first kappa shape index (κ1) is 25.6. The zero-order valence-electron chi connectivity index (χ0n) is 19.8. The molecule has 0 saturated carbocycles. The van der Waals surface area contributed by atoms with Crippen LogP contribution < -0.4 is 5.32 Å². The van der Waals surface area contributed by atoms with Gasteiger partial charge in [-0.15, -0.1) is 0 Å². The highest BCUT2D eigenvalue weighted by Gasteiger charge is 2.44. The Hall–Kier alpha value is -2.70. The molecule has 0 aliphatic carbocycles. The van der Waals surface area contributed by atoms with Crippen LogP contribution in [0.25, 0.3) is 0 Å². The molecule has 6 nitrogen and oxygen atoms in total. The standard InChI is InChI=1S/C26H35NO5/c1-25(2,3)20(27-6)17-21(28)26(4,5)24(31-22(29)18-13-9-7-10-14-18)32-23(30)19-15-11-8-12-16-19/h7-16,20-21,24,27-28H,17H2,1-6H3. The number of ether oxygens (including phenoxy) is 2. The van der Waals surface area contributed by atoms with Crippen LogP contribution in [0.2, 0.25) is 0 Å². The van der Waals surface area contributed by atoms with E-state index >= 15 is 0 Å². The molecule has 0 radical (unpaired) electrons. The molecule has 0 aliphatic rings. The lowest BCUT2D eigenvalue weighted by molar-refractivity contribution is -0.171. The molecule has 0 heterocycles. The lowest BCUT2D eigenvalue weighted by Crippen LogP contribution is -2.50. The van der Waals surface area contributed by atoms with Gasteiger partial charge in [0, 0.05) is 6.04 Å². The number of nitrogens with one attached hydrogen (secondary N) is 1. The summed E-state index contributed by atoms with van der Waals surface area (Å²) in [6.07, 6.45) is -1.83. The van der Waals surface area contributed by atoms with Crippen molar-refractivity contribution < 1.29 is 24.2 Å². The van der Waals surface area contributed by atoms with Gasteiger partial charge in [-0.3, -0.25) is 0 Å². The fraction of sp³-hybridized carbons (Fsp3) is 0.462. The molecular weight excluding hydrogens is 406 g/mol. The van der Waals surface area contributed by atoms with E-state index in [1.807, 2.05) is 7.05 Å². The summed E-state index contributed by atoms with van der Waals surface area (Å²) in [4.78, 5) is 25.5. The van der Waals surface area contributed by atoms with Gasteiger partial charge in [0.1, 0.15) is 0 Å². The molecule has 0 spiro atoms. The molecule has 2 rings (SSSR count). The molecule has 32 heavy (non-hydrogen) atoms. The van der Waals surface area contributed by atoms with E-state index in [9.17, 15) is 14.7 Å². The molecule has 2 N–H and O–H groups in total. The molecule has 2 aromatic rings. The molecular formula is C26H35NO5. The van der Waals surface area contributed by atoms with E-state index in [0.29, 0.717) is 17.5 Å². The molecule has 174 valence electrons. The van der Waals surface area contributed by atoms with Gasteiger partial charge in [-0.05, 0) is 43.1 Å². The van der Waals surface area contributed by atoms with Crippen LogP contribution in [0.3, 0.4) is 0 Å². The van der Waals surface area contributed by atoms with Crippen LogP contribution in [0.1, 0.15) is 61.8 Å². The van der Waals surface area contributed by atoms with Crippen LogP contribution in [0.15, 0.2) is 60.7 Å². The SMILES string of the molecule is CNC(CC(O)C(C)(C)C(OC(=O)c1ccccc1)OC(=O)c1ccccc1)C(C)(C)C. The second kappa shape index (κ2) is 10.7. The van der Waals surface area contributed by atoms with Crippen molar-refractivity contribution in [3.63, 3.8) is 0 Å². The van der Waals surface area contributed by atoms with Crippen molar-refractivity contribution in [1.29, 1.82) is 0 Å². The predicted octanol–water partition coefficient (Wildman–Crippen LogP) is 4.44. The number of carbonyl (C=O) groups excluding carboxylic acids is 2. The second-order valence-corrected chi connectivity index (χ2v) is 9.65. The molecule has 2 aromatic carbocycles. The summed E-state index contributed by atoms with van der Waals surface area (Å²) in [6.45, 7) is 9.70. The molecule has 0 bridgehead atoms. The van der Waals surface area contributed by atoms with Gasteiger partial charge in [-0.1, -0.05) is 71.0 Å². The highest BCUT2D eigenvalue weighted by atomic mass is 16.7. The van der Waals surface area contributed by atoms with Crippen molar-refractivity contribution in [2.24, 2.45) is 10.8 Å². The van der Waals surface area contributed by atoms with Gasteiger partial charge in [0.2, 0.25) is 0 Å². The number of benzene rings is 2. The third-order valence-corrected chi connectivity index (χ3v) is 5.77. The number of rotatable bonds is 9. The van der Waals surface area contributed by atoms with Crippen LogP contribution >= 0.6 is 0 Å². The lowest BCUT2D eigenvalue weighted by Gasteiger charge is -2.40. The van der Waals surface area contributed by atoms with E-state index in [0.717, 1.165) is 0 Å². The Morgan fingerprint density at radius 1 is 0.844 bits per heavy atom. The largest absolute Gasteiger partial charge is 0.421 e. The maximum Gasteiger partial charge on any atom is 0.341 e. The minimum atomic E-state index is -1.30. The summed E-state index contributed by atoms with van der Waals surface area (Å²) < 4.78 is 11.3. The number of esters is 2.